The lowest BCUT2D eigenvalue weighted by molar-refractivity contribution is -0.150. The molecule has 0 spiro atoms. The van der Waals surface area contributed by atoms with Crippen molar-refractivity contribution in [1.29, 1.82) is 0 Å². The second-order valence-electron chi connectivity index (χ2n) is 7.20. The molecule has 2 heterocycles. The van der Waals surface area contributed by atoms with E-state index in [0.717, 1.165) is 32.4 Å². The summed E-state index contributed by atoms with van der Waals surface area (Å²) in [6, 6.07) is 22.6. The van der Waals surface area contributed by atoms with Crippen LogP contribution in [0.15, 0.2) is 72.1 Å². The van der Waals surface area contributed by atoms with Gasteiger partial charge in [0.2, 0.25) is 0 Å². The van der Waals surface area contributed by atoms with E-state index in [1.54, 1.807) is 11.3 Å². The molecule has 0 fully saturated rings. The Labute approximate surface area is 170 Å². The summed E-state index contributed by atoms with van der Waals surface area (Å²) in [6.45, 7) is 2.12. The number of hydrogen-bond donors (Lipinski definition) is 0. The minimum absolute atomic E-state index is 0.0944. The van der Waals surface area contributed by atoms with E-state index in [9.17, 15) is 4.79 Å². The number of rotatable bonds is 7. The molecule has 0 bridgehead atoms. The van der Waals surface area contributed by atoms with Crippen molar-refractivity contribution in [1.82, 2.24) is 4.90 Å². The van der Waals surface area contributed by atoms with Crippen molar-refractivity contribution in [3.63, 3.8) is 0 Å². The zero-order chi connectivity index (χ0) is 19.2. The normalized spacial score (nSPS) is 16.5. The van der Waals surface area contributed by atoms with Gasteiger partial charge in [-0.05, 0) is 34.6 Å². The van der Waals surface area contributed by atoms with E-state index < -0.39 is 0 Å². The van der Waals surface area contributed by atoms with Crippen LogP contribution in [-0.2, 0) is 35.3 Å². The van der Waals surface area contributed by atoms with Gasteiger partial charge in [-0.3, -0.25) is 9.69 Å². The predicted molar refractivity (Wildman–Crippen MR) is 113 cm³/mol. The highest BCUT2D eigenvalue weighted by Gasteiger charge is 2.33. The Morgan fingerprint density at radius 3 is 2.36 bits per heavy atom. The number of esters is 1. The standard InChI is InChI=1S/C24H25NO2S/c26-24(27-15-12-20-9-5-2-6-10-20)22-17-23-21(13-16-28-23)18-25(22)14-11-19-7-3-1-4-8-19/h1-10,13,16,22H,11-12,14-15,17-18H2. The van der Waals surface area contributed by atoms with Crippen LogP contribution in [0.25, 0.3) is 0 Å². The molecule has 0 saturated carbocycles. The van der Waals surface area contributed by atoms with E-state index in [4.69, 9.17) is 4.74 Å². The van der Waals surface area contributed by atoms with Crippen molar-refractivity contribution in [3.8, 4) is 0 Å². The average Bonchev–Trinajstić information content (AvgIpc) is 3.20. The number of thiophene rings is 1. The third-order valence-electron chi connectivity index (χ3n) is 5.31. The Morgan fingerprint density at radius 2 is 1.64 bits per heavy atom. The zero-order valence-corrected chi connectivity index (χ0v) is 16.7. The molecule has 28 heavy (non-hydrogen) atoms. The summed E-state index contributed by atoms with van der Waals surface area (Å²) in [5.41, 5.74) is 3.85. The van der Waals surface area contributed by atoms with E-state index in [1.165, 1.54) is 21.6 Å². The van der Waals surface area contributed by atoms with Crippen LogP contribution in [-0.4, -0.2) is 30.1 Å². The number of carbonyl (C=O) groups excluding carboxylic acids is 1. The fourth-order valence-electron chi connectivity index (χ4n) is 3.72. The van der Waals surface area contributed by atoms with E-state index in [1.807, 2.05) is 24.3 Å². The number of hydrogen-bond acceptors (Lipinski definition) is 4. The van der Waals surface area contributed by atoms with Crippen LogP contribution in [0.2, 0.25) is 0 Å². The molecule has 1 aliphatic rings. The maximum absolute atomic E-state index is 12.9. The van der Waals surface area contributed by atoms with Crippen LogP contribution < -0.4 is 0 Å². The highest BCUT2D eigenvalue weighted by molar-refractivity contribution is 7.10. The fourth-order valence-corrected chi connectivity index (χ4v) is 4.65. The second-order valence-corrected chi connectivity index (χ2v) is 8.20. The predicted octanol–water partition coefficient (Wildman–Crippen LogP) is 4.50. The Hall–Kier alpha value is -2.43. The second kappa shape index (κ2) is 9.18. The van der Waals surface area contributed by atoms with E-state index in [0.29, 0.717) is 6.61 Å². The van der Waals surface area contributed by atoms with Crippen molar-refractivity contribution in [3.05, 3.63) is 93.7 Å². The molecule has 1 unspecified atom stereocenters. The van der Waals surface area contributed by atoms with Crippen LogP contribution >= 0.6 is 11.3 Å². The Balaban J connectivity index is 1.39. The highest BCUT2D eigenvalue weighted by Crippen LogP contribution is 2.28. The summed E-state index contributed by atoms with van der Waals surface area (Å²) in [6.07, 6.45) is 2.45. The highest BCUT2D eigenvalue weighted by atomic mass is 32.1. The number of benzene rings is 2. The maximum Gasteiger partial charge on any atom is 0.323 e. The smallest absolute Gasteiger partial charge is 0.323 e. The first kappa shape index (κ1) is 18.9. The first-order chi connectivity index (χ1) is 13.8. The van der Waals surface area contributed by atoms with E-state index >= 15 is 0 Å². The quantitative estimate of drug-likeness (QED) is 0.555. The monoisotopic (exact) mass is 391 g/mol. The SMILES string of the molecule is O=C(OCCc1ccccc1)C1Cc2sccc2CN1CCc1ccccc1. The number of carbonyl (C=O) groups is 1. The minimum atomic E-state index is -0.189. The lowest BCUT2D eigenvalue weighted by Crippen LogP contribution is -2.46. The molecule has 3 aromatic rings. The van der Waals surface area contributed by atoms with Crippen molar-refractivity contribution < 1.29 is 9.53 Å². The van der Waals surface area contributed by atoms with Gasteiger partial charge in [0.15, 0.2) is 0 Å². The van der Waals surface area contributed by atoms with Gasteiger partial charge in [0.1, 0.15) is 6.04 Å². The van der Waals surface area contributed by atoms with Crippen LogP contribution in [0.1, 0.15) is 21.6 Å². The van der Waals surface area contributed by atoms with Gasteiger partial charge in [0.25, 0.3) is 0 Å². The Morgan fingerprint density at radius 1 is 0.964 bits per heavy atom. The molecule has 1 aliphatic heterocycles. The van der Waals surface area contributed by atoms with E-state index in [-0.39, 0.29) is 12.0 Å². The van der Waals surface area contributed by atoms with Gasteiger partial charge in [-0.1, -0.05) is 60.7 Å². The molecule has 0 saturated heterocycles. The summed E-state index contributed by atoms with van der Waals surface area (Å²) in [7, 11) is 0. The molecule has 144 valence electrons. The minimum Gasteiger partial charge on any atom is -0.464 e. The maximum atomic E-state index is 12.9. The first-order valence-corrected chi connectivity index (χ1v) is 10.7. The third-order valence-corrected chi connectivity index (χ3v) is 6.30. The van der Waals surface area contributed by atoms with Crippen molar-refractivity contribution in [2.45, 2.75) is 31.8 Å². The molecular weight excluding hydrogens is 366 g/mol. The van der Waals surface area contributed by atoms with Crippen molar-refractivity contribution in [2.24, 2.45) is 0 Å². The Bertz CT molecular complexity index is 891. The molecule has 1 aromatic heterocycles. The van der Waals surface area contributed by atoms with Gasteiger partial charge < -0.3 is 4.74 Å². The summed E-state index contributed by atoms with van der Waals surface area (Å²) in [5.74, 6) is -0.0944. The van der Waals surface area contributed by atoms with Crippen LogP contribution in [0.4, 0.5) is 0 Å². The number of nitrogens with zero attached hydrogens (tertiary/aromatic N) is 1. The summed E-state index contributed by atoms with van der Waals surface area (Å²) < 4.78 is 5.68. The van der Waals surface area contributed by atoms with Crippen LogP contribution in [0, 0.1) is 0 Å². The fraction of sp³-hybridized carbons (Fsp3) is 0.292. The molecular formula is C24H25NO2S. The summed E-state index contributed by atoms with van der Waals surface area (Å²) in [5, 5.41) is 2.13. The summed E-state index contributed by atoms with van der Waals surface area (Å²) in [4.78, 5) is 16.5. The molecule has 2 aromatic carbocycles. The largest absolute Gasteiger partial charge is 0.464 e. The Kier molecular flexibility index (Phi) is 6.20. The van der Waals surface area contributed by atoms with Gasteiger partial charge in [0.05, 0.1) is 6.61 Å². The first-order valence-electron chi connectivity index (χ1n) is 9.83. The molecule has 0 amide bonds. The van der Waals surface area contributed by atoms with Gasteiger partial charge in [-0.15, -0.1) is 11.3 Å². The van der Waals surface area contributed by atoms with Gasteiger partial charge in [-0.2, -0.15) is 0 Å². The number of ether oxygens (including phenoxy) is 1. The zero-order valence-electron chi connectivity index (χ0n) is 15.9. The third kappa shape index (κ3) is 4.70. The number of fused-ring (bicyclic) bond motifs is 1. The molecule has 3 nitrogen and oxygen atoms in total. The van der Waals surface area contributed by atoms with Crippen LogP contribution in [0.3, 0.4) is 0 Å². The molecule has 4 rings (SSSR count). The van der Waals surface area contributed by atoms with Gasteiger partial charge in [-0.25, -0.2) is 0 Å². The van der Waals surface area contributed by atoms with Gasteiger partial charge in [0, 0.05) is 30.8 Å². The van der Waals surface area contributed by atoms with E-state index in [2.05, 4.69) is 52.7 Å². The molecule has 0 N–H and O–H groups in total. The molecule has 1 atom stereocenters. The van der Waals surface area contributed by atoms with Crippen LogP contribution in [0.5, 0.6) is 0 Å². The lowest BCUT2D eigenvalue weighted by Gasteiger charge is -2.34. The lowest BCUT2D eigenvalue weighted by atomic mass is 10.0. The van der Waals surface area contributed by atoms with Gasteiger partial charge >= 0.3 is 5.97 Å². The molecule has 4 heteroatoms. The molecule has 0 aliphatic carbocycles. The molecule has 0 radical (unpaired) electrons. The summed E-state index contributed by atoms with van der Waals surface area (Å²) >= 11 is 1.75. The average molecular weight is 392 g/mol. The van der Waals surface area contributed by atoms with Crippen molar-refractivity contribution in [2.75, 3.05) is 13.2 Å². The van der Waals surface area contributed by atoms with Crippen molar-refractivity contribution >= 4 is 17.3 Å². The topological polar surface area (TPSA) is 29.5 Å².